The number of nitrogens with zero attached hydrogens (tertiary/aromatic N) is 1. The predicted octanol–water partition coefficient (Wildman–Crippen LogP) is 2.29. The first-order valence-electron chi connectivity index (χ1n) is 3.81. The number of nitro benzene ring substituents is 1. The Morgan fingerprint density at radius 3 is 2.77 bits per heavy atom. The van der Waals surface area contributed by atoms with Crippen LogP contribution in [0.2, 0.25) is 0 Å². The number of benzene rings is 1. The Kier molecular flexibility index (Phi) is 3.13. The zero-order chi connectivity index (χ0) is 9.84. The fraction of sp³-hybridized carbons (Fsp3) is 0.250. The molecule has 0 spiro atoms. The van der Waals surface area contributed by atoms with Gasteiger partial charge >= 0.3 is 0 Å². The zero-order valence-electron chi connectivity index (χ0n) is 7.19. The number of hydrogen-bond donors (Lipinski definition) is 1. The van der Waals surface area contributed by atoms with Gasteiger partial charge in [-0.1, -0.05) is 6.92 Å². The Bertz CT molecular complexity index is 328. The molecule has 0 aromatic heterocycles. The maximum atomic E-state index is 10.5. The van der Waals surface area contributed by atoms with Crippen LogP contribution in [-0.4, -0.2) is 10.7 Å². The van der Waals surface area contributed by atoms with Crippen LogP contribution in [0.5, 0.6) is 0 Å². The fourth-order valence-corrected chi connectivity index (χ4v) is 1.72. The van der Waals surface area contributed by atoms with E-state index in [1.54, 1.807) is 6.07 Å². The first-order valence-corrected chi connectivity index (χ1v) is 4.79. The summed E-state index contributed by atoms with van der Waals surface area (Å²) in [5.41, 5.74) is 6.00. The minimum absolute atomic E-state index is 0.0518. The molecule has 0 amide bonds. The molecule has 0 aliphatic rings. The number of nitro groups is 1. The van der Waals surface area contributed by atoms with Crippen molar-refractivity contribution >= 4 is 23.1 Å². The highest BCUT2D eigenvalue weighted by atomic mass is 32.2. The van der Waals surface area contributed by atoms with Crippen molar-refractivity contribution in [1.29, 1.82) is 0 Å². The molecule has 13 heavy (non-hydrogen) atoms. The van der Waals surface area contributed by atoms with Gasteiger partial charge in [-0.05, 0) is 11.8 Å². The standard InChI is InChI=1S/C8H10N2O2S/c1-2-13-8-4-6(9)3-7(5-8)10(11)12/h3-5H,2,9H2,1H3. The number of anilines is 1. The molecule has 0 unspecified atom stereocenters. The molecule has 0 atom stereocenters. The van der Waals surface area contributed by atoms with Gasteiger partial charge in [0.15, 0.2) is 0 Å². The van der Waals surface area contributed by atoms with E-state index in [0.29, 0.717) is 5.69 Å². The molecule has 0 aliphatic heterocycles. The van der Waals surface area contributed by atoms with Crippen molar-refractivity contribution in [2.45, 2.75) is 11.8 Å². The SMILES string of the molecule is CCSc1cc(N)cc([N+](=O)[O-])c1. The van der Waals surface area contributed by atoms with E-state index in [9.17, 15) is 10.1 Å². The Morgan fingerprint density at radius 2 is 2.23 bits per heavy atom. The van der Waals surface area contributed by atoms with Crippen LogP contribution in [0.25, 0.3) is 0 Å². The van der Waals surface area contributed by atoms with Crippen LogP contribution in [-0.2, 0) is 0 Å². The monoisotopic (exact) mass is 198 g/mol. The quantitative estimate of drug-likeness (QED) is 0.350. The lowest BCUT2D eigenvalue weighted by molar-refractivity contribution is -0.385. The molecule has 5 heteroatoms. The summed E-state index contributed by atoms with van der Waals surface area (Å²) >= 11 is 1.54. The van der Waals surface area contributed by atoms with E-state index >= 15 is 0 Å². The molecule has 0 bridgehead atoms. The summed E-state index contributed by atoms with van der Waals surface area (Å²) in [5, 5.41) is 10.5. The highest BCUT2D eigenvalue weighted by molar-refractivity contribution is 7.99. The van der Waals surface area contributed by atoms with Crippen molar-refractivity contribution in [3.8, 4) is 0 Å². The van der Waals surface area contributed by atoms with E-state index in [-0.39, 0.29) is 5.69 Å². The summed E-state index contributed by atoms with van der Waals surface area (Å²) in [6.07, 6.45) is 0. The van der Waals surface area contributed by atoms with Gasteiger partial charge in [0.05, 0.1) is 4.92 Å². The van der Waals surface area contributed by atoms with Gasteiger partial charge in [0.2, 0.25) is 0 Å². The van der Waals surface area contributed by atoms with Gasteiger partial charge in [-0.25, -0.2) is 0 Å². The average molecular weight is 198 g/mol. The smallest absolute Gasteiger partial charge is 0.272 e. The van der Waals surface area contributed by atoms with Gasteiger partial charge in [-0.2, -0.15) is 0 Å². The molecule has 0 fully saturated rings. The second-order valence-electron chi connectivity index (χ2n) is 2.45. The number of nitrogen functional groups attached to an aromatic ring is 1. The average Bonchev–Trinajstić information content (AvgIpc) is 2.03. The molecule has 0 heterocycles. The van der Waals surface area contributed by atoms with Crippen LogP contribution >= 0.6 is 11.8 Å². The molecule has 0 saturated heterocycles. The lowest BCUT2D eigenvalue weighted by atomic mass is 10.3. The van der Waals surface area contributed by atoms with E-state index in [2.05, 4.69) is 0 Å². The summed E-state index contributed by atoms with van der Waals surface area (Å²) in [5.74, 6) is 0.876. The molecule has 70 valence electrons. The van der Waals surface area contributed by atoms with E-state index < -0.39 is 4.92 Å². The predicted molar refractivity (Wildman–Crippen MR) is 53.9 cm³/mol. The molecule has 0 aliphatic carbocycles. The lowest BCUT2D eigenvalue weighted by Crippen LogP contribution is -1.92. The molecule has 1 aromatic rings. The Morgan fingerprint density at radius 1 is 1.54 bits per heavy atom. The highest BCUT2D eigenvalue weighted by Gasteiger charge is 2.07. The van der Waals surface area contributed by atoms with Crippen molar-refractivity contribution in [2.75, 3.05) is 11.5 Å². The van der Waals surface area contributed by atoms with Gasteiger partial charge in [0.1, 0.15) is 0 Å². The first kappa shape index (κ1) is 9.85. The third kappa shape index (κ3) is 2.62. The molecule has 1 aromatic carbocycles. The Hall–Kier alpha value is -1.23. The fourth-order valence-electron chi connectivity index (χ4n) is 0.961. The number of thioether (sulfide) groups is 1. The van der Waals surface area contributed by atoms with Crippen molar-refractivity contribution in [2.24, 2.45) is 0 Å². The Balaban J connectivity index is 3.03. The van der Waals surface area contributed by atoms with Crippen LogP contribution in [0.3, 0.4) is 0 Å². The van der Waals surface area contributed by atoms with Crippen LogP contribution in [0.15, 0.2) is 23.1 Å². The third-order valence-corrected chi connectivity index (χ3v) is 2.29. The van der Waals surface area contributed by atoms with Gasteiger partial charge in [-0.3, -0.25) is 10.1 Å². The van der Waals surface area contributed by atoms with Crippen molar-refractivity contribution in [3.63, 3.8) is 0 Å². The molecule has 0 radical (unpaired) electrons. The van der Waals surface area contributed by atoms with Crippen molar-refractivity contribution < 1.29 is 4.92 Å². The van der Waals surface area contributed by atoms with Crippen molar-refractivity contribution in [3.05, 3.63) is 28.3 Å². The largest absolute Gasteiger partial charge is 0.398 e. The summed E-state index contributed by atoms with van der Waals surface area (Å²) in [6.45, 7) is 1.99. The number of rotatable bonds is 3. The normalized spacial score (nSPS) is 9.92. The summed E-state index contributed by atoms with van der Waals surface area (Å²) < 4.78 is 0. The molecule has 2 N–H and O–H groups in total. The third-order valence-electron chi connectivity index (χ3n) is 1.44. The maximum Gasteiger partial charge on any atom is 0.272 e. The minimum atomic E-state index is -0.434. The summed E-state index contributed by atoms with van der Waals surface area (Å²) in [4.78, 5) is 10.9. The van der Waals surface area contributed by atoms with Crippen LogP contribution in [0.1, 0.15) is 6.92 Å². The van der Waals surface area contributed by atoms with Crippen LogP contribution in [0, 0.1) is 10.1 Å². The van der Waals surface area contributed by atoms with Crippen LogP contribution in [0.4, 0.5) is 11.4 Å². The van der Waals surface area contributed by atoms with Crippen molar-refractivity contribution in [1.82, 2.24) is 0 Å². The van der Waals surface area contributed by atoms with Gasteiger partial charge < -0.3 is 5.73 Å². The number of hydrogen-bond acceptors (Lipinski definition) is 4. The number of nitrogens with two attached hydrogens (primary N) is 1. The zero-order valence-corrected chi connectivity index (χ0v) is 8.00. The van der Waals surface area contributed by atoms with E-state index in [4.69, 9.17) is 5.73 Å². The minimum Gasteiger partial charge on any atom is -0.398 e. The molecular formula is C8H10N2O2S. The van der Waals surface area contributed by atoms with E-state index in [0.717, 1.165) is 10.6 Å². The number of non-ortho nitro benzene ring substituents is 1. The maximum absolute atomic E-state index is 10.5. The van der Waals surface area contributed by atoms with Gasteiger partial charge in [0.25, 0.3) is 5.69 Å². The second kappa shape index (κ2) is 4.13. The summed E-state index contributed by atoms with van der Waals surface area (Å²) in [6, 6.07) is 4.63. The molecule has 4 nitrogen and oxygen atoms in total. The first-order chi connectivity index (χ1) is 6.13. The Labute approximate surface area is 80.3 Å². The van der Waals surface area contributed by atoms with Crippen LogP contribution < -0.4 is 5.73 Å². The van der Waals surface area contributed by atoms with Gasteiger partial charge in [-0.15, -0.1) is 11.8 Å². The summed E-state index contributed by atoms with van der Waals surface area (Å²) in [7, 11) is 0. The van der Waals surface area contributed by atoms with E-state index in [1.807, 2.05) is 6.92 Å². The van der Waals surface area contributed by atoms with E-state index in [1.165, 1.54) is 23.9 Å². The second-order valence-corrected chi connectivity index (χ2v) is 3.79. The topological polar surface area (TPSA) is 69.2 Å². The highest BCUT2D eigenvalue weighted by Crippen LogP contribution is 2.25. The molecular weight excluding hydrogens is 188 g/mol. The lowest BCUT2D eigenvalue weighted by Gasteiger charge is -2.00. The molecule has 0 saturated carbocycles. The van der Waals surface area contributed by atoms with Gasteiger partial charge in [0, 0.05) is 22.7 Å². The molecule has 1 rings (SSSR count).